The van der Waals surface area contributed by atoms with Crippen LogP contribution in [0.25, 0.3) is 0 Å². The van der Waals surface area contributed by atoms with Crippen molar-refractivity contribution in [1.82, 2.24) is 4.98 Å². The molecule has 3 N–H and O–H groups in total. The summed E-state index contributed by atoms with van der Waals surface area (Å²) in [6.07, 6.45) is 2.10. The summed E-state index contributed by atoms with van der Waals surface area (Å²) < 4.78 is 16.7. The van der Waals surface area contributed by atoms with Crippen molar-refractivity contribution in [1.29, 1.82) is 0 Å². The van der Waals surface area contributed by atoms with E-state index < -0.39 is 0 Å². The number of benzene rings is 2. The number of methoxy groups -OCH3 is 1. The molecule has 7 heteroatoms. The van der Waals surface area contributed by atoms with Crippen LogP contribution < -0.4 is 20.5 Å². The molecule has 2 aromatic carbocycles. The van der Waals surface area contributed by atoms with Gasteiger partial charge in [-0.3, -0.25) is 4.79 Å². The molecule has 1 heterocycles. The second-order valence-electron chi connectivity index (χ2n) is 7.38. The number of ether oxygens (including phenoxy) is 3. The summed E-state index contributed by atoms with van der Waals surface area (Å²) in [6, 6.07) is 16.4. The van der Waals surface area contributed by atoms with Crippen LogP contribution in [0.15, 0.2) is 54.6 Å². The number of aromatic nitrogens is 1. The number of nitrogens with zero attached hydrogens (tertiary/aromatic N) is 1. The van der Waals surface area contributed by atoms with Crippen LogP contribution >= 0.6 is 0 Å². The van der Waals surface area contributed by atoms with Gasteiger partial charge >= 0.3 is 0 Å². The number of nitrogens with one attached hydrogen (secondary N) is 1. The highest BCUT2D eigenvalue weighted by Gasteiger charge is 2.14. The molecule has 0 spiro atoms. The quantitative estimate of drug-likeness (QED) is 0.417. The average molecular weight is 436 g/mol. The lowest BCUT2D eigenvalue weighted by molar-refractivity contribution is 0.102. The van der Waals surface area contributed by atoms with Crippen LogP contribution in [0.1, 0.15) is 41.4 Å². The van der Waals surface area contributed by atoms with E-state index in [0.29, 0.717) is 41.7 Å². The van der Waals surface area contributed by atoms with E-state index in [4.69, 9.17) is 19.9 Å². The van der Waals surface area contributed by atoms with E-state index in [0.717, 1.165) is 24.2 Å². The first-order valence-corrected chi connectivity index (χ1v) is 10.6. The Morgan fingerprint density at radius 2 is 1.81 bits per heavy atom. The minimum atomic E-state index is -0.326. The first kappa shape index (κ1) is 23.1. The summed E-state index contributed by atoms with van der Waals surface area (Å²) in [4.78, 5) is 16.9. The minimum Gasteiger partial charge on any atom is -0.493 e. The van der Waals surface area contributed by atoms with Crippen molar-refractivity contribution in [2.45, 2.75) is 33.3 Å². The minimum absolute atomic E-state index is 0.168. The molecule has 3 rings (SSSR count). The number of unbranched alkanes of at least 4 members (excludes halogenated alkanes) is 1. The highest BCUT2D eigenvalue weighted by molar-refractivity contribution is 6.07. The predicted octanol–water partition coefficient (Wildman–Crippen LogP) is 5.34. The summed E-state index contributed by atoms with van der Waals surface area (Å²) in [5, 5.41) is 2.84. The monoisotopic (exact) mass is 435 g/mol. The molecule has 0 fully saturated rings. The Balaban J connectivity index is 1.63. The Labute approximate surface area is 188 Å². The van der Waals surface area contributed by atoms with E-state index in [1.165, 1.54) is 0 Å². The van der Waals surface area contributed by atoms with Crippen molar-refractivity contribution < 1.29 is 19.0 Å². The van der Waals surface area contributed by atoms with Gasteiger partial charge in [0, 0.05) is 18.9 Å². The van der Waals surface area contributed by atoms with Crippen LogP contribution in [-0.2, 0) is 11.3 Å². The van der Waals surface area contributed by atoms with Crippen molar-refractivity contribution >= 4 is 17.4 Å². The maximum absolute atomic E-state index is 12.7. The zero-order valence-electron chi connectivity index (χ0n) is 18.7. The van der Waals surface area contributed by atoms with Gasteiger partial charge in [-0.2, -0.15) is 0 Å². The SMILES string of the molecule is CCCCOc1cccc(Oc2ccc(NC(=O)c3cc(C)c(COC)nc3N)cc2)c1. The summed E-state index contributed by atoms with van der Waals surface area (Å²) >= 11 is 0. The van der Waals surface area contributed by atoms with E-state index >= 15 is 0 Å². The van der Waals surface area contributed by atoms with Gasteiger partial charge in [0.05, 0.1) is 24.5 Å². The van der Waals surface area contributed by atoms with Crippen LogP contribution in [0.5, 0.6) is 17.2 Å². The molecule has 0 aliphatic heterocycles. The highest BCUT2D eigenvalue weighted by Crippen LogP contribution is 2.27. The molecule has 7 nitrogen and oxygen atoms in total. The molecule has 32 heavy (non-hydrogen) atoms. The standard InChI is InChI=1S/C25H29N3O4/c1-4-5-13-31-20-7-6-8-21(15-20)32-19-11-9-18(10-12-19)27-25(29)22-14-17(2)23(16-30-3)28-24(22)26/h6-12,14-15H,4-5,13,16H2,1-3H3,(H2,26,28)(H,27,29). The number of pyridine rings is 1. The number of hydrogen-bond acceptors (Lipinski definition) is 6. The lowest BCUT2D eigenvalue weighted by Crippen LogP contribution is -2.16. The molecule has 0 aliphatic carbocycles. The second kappa shape index (κ2) is 11.2. The highest BCUT2D eigenvalue weighted by atomic mass is 16.5. The van der Waals surface area contributed by atoms with Gasteiger partial charge in [-0.1, -0.05) is 19.4 Å². The number of carbonyl (C=O) groups excluding carboxylic acids is 1. The predicted molar refractivity (Wildman–Crippen MR) is 125 cm³/mol. The molecule has 0 bridgehead atoms. The van der Waals surface area contributed by atoms with Crippen molar-refractivity contribution in [2.24, 2.45) is 0 Å². The largest absolute Gasteiger partial charge is 0.493 e. The Bertz CT molecular complexity index is 1050. The fourth-order valence-electron chi connectivity index (χ4n) is 3.03. The van der Waals surface area contributed by atoms with E-state index in [9.17, 15) is 4.79 Å². The fourth-order valence-corrected chi connectivity index (χ4v) is 3.03. The third-order valence-corrected chi connectivity index (χ3v) is 4.79. The van der Waals surface area contributed by atoms with Gasteiger partial charge in [0.1, 0.15) is 23.1 Å². The fraction of sp³-hybridized carbons (Fsp3) is 0.280. The zero-order chi connectivity index (χ0) is 22.9. The molecule has 0 radical (unpaired) electrons. The van der Waals surface area contributed by atoms with E-state index in [-0.39, 0.29) is 11.7 Å². The summed E-state index contributed by atoms with van der Waals surface area (Å²) in [5.74, 6) is 1.95. The van der Waals surface area contributed by atoms with Crippen LogP contribution in [0.3, 0.4) is 0 Å². The normalized spacial score (nSPS) is 10.6. The molecule has 0 saturated heterocycles. The van der Waals surface area contributed by atoms with E-state index in [1.807, 2.05) is 31.2 Å². The van der Waals surface area contributed by atoms with Gasteiger partial charge in [0.25, 0.3) is 5.91 Å². The lowest BCUT2D eigenvalue weighted by atomic mass is 10.1. The number of anilines is 2. The molecule has 0 saturated carbocycles. The molecule has 3 aromatic rings. The van der Waals surface area contributed by atoms with Crippen LogP contribution in [0.4, 0.5) is 11.5 Å². The summed E-state index contributed by atoms with van der Waals surface area (Å²) in [6.45, 7) is 5.02. The number of hydrogen-bond donors (Lipinski definition) is 2. The van der Waals surface area contributed by atoms with Crippen molar-refractivity contribution in [2.75, 3.05) is 24.8 Å². The number of carbonyl (C=O) groups is 1. The molecule has 0 unspecified atom stereocenters. The maximum atomic E-state index is 12.7. The van der Waals surface area contributed by atoms with Crippen LogP contribution in [-0.4, -0.2) is 24.6 Å². The topological polar surface area (TPSA) is 95.7 Å². The van der Waals surface area contributed by atoms with Gasteiger partial charge < -0.3 is 25.3 Å². The molecule has 1 aromatic heterocycles. The van der Waals surface area contributed by atoms with Crippen LogP contribution in [0, 0.1) is 6.92 Å². The number of amides is 1. The molecule has 0 aliphatic rings. The van der Waals surface area contributed by atoms with E-state index in [2.05, 4.69) is 17.2 Å². The molecular weight excluding hydrogens is 406 g/mol. The first-order valence-electron chi connectivity index (χ1n) is 10.6. The second-order valence-corrected chi connectivity index (χ2v) is 7.38. The summed E-state index contributed by atoms with van der Waals surface area (Å²) in [7, 11) is 1.59. The number of nitrogens with two attached hydrogens (primary N) is 1. The van der Waals surface area contributed by atoms with Gasteiger partial charge in [-0.15, -0.1) is 0 Å². The maximum Gasteiger partial charge on any atom is 0.259 e. The Hall–Kier alpha value is -3.58. The smallest absolute Gasteiger partial charge is 0.259 e. The molecule has 0 atom stereocenters. The van der Waals surface area contributed by atoms with Gasteiger partial charge in [-0.05, 0) is 61.4 Å². The number of aryl methyl sites for hydroxylation is 1. The van der Waals surface area contributed by atoms with Crippen molar-refractivity contribution in [3.8, 4) is 17.2 Å². The third kappa shape index (κ3) is 6.21. The Kier molecular flexibility index (Phi) is 8.05. The zero-order valence-corrected chi connectivity index (χ0v) is 18.7. The lowest BCUT2D eigenvalue weighted by Gasteiger charge is -2.12. The third-order valence-electron chi connectivity index (χ3n) is 4.79. The molecular formula is C25H29N3O4. The van der Waals surface area contributed by atoms with Crippen LogP contribution in [0.2, 0.25) is 0 Å². The van der Waals surface area contributed by atoms with E-state index in [1.54, 1.807) is 37.4 Å². The molecule has 168 valence electrons. The van der Waals surface area contributed by atoms with Gasteiger partial charge in [-0.25, -0.2) is 4.98 Å². The summed E-state index contributed by atoms with van der Waals surface area (Å²) in [5.41, 5.74) is 8.48. The number of rotatable bonds is 10. The van der Waals surface area contributed by atoms with Crippen molar-refractivity contribution in [3.63, 3.8) is 0 Å². The van der Waals surface area contributed by atoms with Crippen molar-refractivity contribution in [3.05, 3.63) is 71.4 Å². The Morgan fingerprint density at radius 1 is 1.06 bits per heavy atom. The number of nitrogen functional groups attached to an aromatic ring is 1. The van der Waals surface area contributed by atoms with Gasteiger partial charge in [0.2, 0.25) is 0 Å². The first-order chi connectivity index (χ1) is 15.5. The van der Waals surface area contributed by atoms with Gasteiger partial charge in [0.15, 0.2) is 0 Å². The molecule has 1 amide bonds. The Morgan fingerprint density at radius 3 is 2.53 bits per heavy atom. The average Bonchev–Trinajstić information content (AvgIpc) is 2.78.